The molecule has 0 saturated carbocycles. The molecule has 2 heterocycles. The summed E-state index contributed by atoms with van der Waals surface area (Å²) < 4.78 is 14.0. The molecule has 11 rings (SSSR count). The maximum Gasteiger partial charge on any atom is 0.142 e. The molecule has 9 aromatic carbocycles. The number of hydrogen-bond acceptors (Lipinski definition) is 4. The van der Waals surface area contributed by atoms with Crippen molar-refractivity contribution in [2.24, 2.45) is 0 Å². The molecule has 4 heteroatoms. The average molecular weight is 959 g/mol. The lowest BCUT2D eigenvalue weighted by atomic mass is 9.86. The van der Waals surface area contributed by atoms with E-state index in [2.05, 4.69) is 271 Å². The summed E-state index contributed by atoms with van der Waals surface area (Å²) in [7, 11) is 0. The van der Waals surface area contributed by atoms with Gasteiger partial charge >= 0.3 is 0 Å². The first kappa shape index (κ1) is 48.0. The van der Waals surface area contributed by atoms with Crippen LogP contribution in [0.2, 0.25) is 0 Å². The van der Waals surface area contributed by atoms with Gasteiger partial charge < -0.3 is 18.6 Å². The average Bonchev–Trinajstić information content (AvgIpc) is 3.87. The van der Waals surface area contributed by atoms with Crippen molar-refractivity contribution in [1.82, 2.24) is 0 Å². The molecule has 0 aliphatic carbocycles. The Kier molecular flexibility index (Phi) is 11.3. The van der Waals surface area contributed by atoms with E-state index in [1.54, 1.807) is 0 Å². The standard InChI is InChI=1S/C69H70N2O2/c1-42(2)63-64-59(57-37-43-15-25-55(35-45(43)39-61(57)72-64)70(51-27-17-47(18-28-51)66(3,4)5)52-29-19-48(20-30-52)67(6,7)8)41-60-58-38-44-16-26-56(36-46(44)40-62(58)73-65(60)63)71(53-31-21-49(22-32-53)68(9,10)11)54-33-23-50(24-34-54)69(12,13)14/h15-42H,1-14H3. The first-order valence-corrected chi connectivity index (χ1v) is 26.2. The molecular formula is C69H70N2O2. The summed E-state index contributed by atoms with van der Waals surface area (Å²) in [5.74, 6) is 0.153. The van der Waals surface area contributed by atoms with Crippen LogP contribution in [0.4, 0.5) is 34.1 Å². The number of nitrogens with zero attached hydrogens (tertiary/aromatic N) is 2. The summed E-state index contributed by atoms with van der Waals surface area (Å²) in [5.41, 5.74) is 16.8. The van der Waals surface area contributed by atoms with E-state index in [4.69, 9.17) is 8.83 Å². The summed E-state index contributed by atoms with van der Waals surface area (Å²) >= 11 is 0. The van der Waals surface area contributed by atoms with Gasteiger partial charge in [0.1, 0.15) is 22.3 Å². The van der Waals surface area contributed by atoms with Crippen molar-refractivity contribution in [2.75, 3.05) is 9.80 Å². The van der Waals surface area contributed by atoms with Crippen LogP contribution < -0.4 is 9.80 Å². The molecule has 0 aliphatic rings. The fraction of sp³-hybridized carbons (Fsp3) is 0.275. The van der Waals surface area contributed by atoms with Gasteiger partial charge in [-0.25, -0.2) is 0 Å². The van der Waals surface area contributed by atoms with E-state index in [0.717, 1.165) is 94.3 Å². The van der Waals surface area contributed by atoms with Gasteiger partial charge in [-0.15, -0.1) is 0 Å². The fourth-order valence-corrected chi connectivity index (χ4v) is 10.8. The van der Waals surface area contributed by atoms with Crippen LogP contribution in [0, 0.1) is 0 Å². The van der Waals surface area contributed by atoms with Gasteiger partial charge in [-0.1, -0.05) is 158 Å². The van der Waals surface area contributed by atoms with Gasteiger partial charge in [0, 0.05) is 61.2 Å². The second-order valence-electron chi connectivity index (χ2n) is 25.0. The van der Waals surface area contributed by atoms with Crippen LogP contribution in [-0.2, 0) is 21.7 Å². The second kappa shape index (κ2) is 17.2. The van der Waals surface area contributed by atoms with E-state index >= 15 is 0 Å². The SMILES string of the molecule is CC(C)c1c2oc3cc4cc(N(c5ccc(C(C)(C)C)cc5)c5ccc(C(C)(C)C)cc5)ccc4cc3c2cc2c1oc1cc3cc(N(c4ccc(C(C)(C)C)cc4)c4ccc(C(C)(C)C)cc4)ccc3cc12. The quantitative estimate of drug-likeness (QED) is 0.159. The van der Waals surface area contributed by atoms with E-state index < -0.39 is 0 Å². The lowest BCUT2D eigenvalue weighted by Gasteiger charge is -2.28. The highest BCUT2D eigenvalue weighted by molar-refractivity contribution is 6.20. The molecule has 0 spiro atoms. The lowest BCUT2D eigenvalue weighted by Crippen LogP contribution is -2.14. The molecule has 0 bridgehead atoms. The minimum Gasteiger partial charge on any atom is -0.456 e. The Balaban J connectivity index is 1.01. The Hall–Kier alpha value is -7.30. The topological polar surface area (TPSA) is 32.8 Å². The van der Waals surface area contributed by atoms with E-state index in [-0.39, 0.29) is 27.6 Å². The van der Waals surface area contributed by atoms with Gasteiger partial charge in [-0.05, 0) is 175 Å². The van der Waals surface area contributed by atoms with Gasteiger partial charge in [-0.2, -0.15) is 0 Å². The van der Waals surface area contributed by atoms with Crippen LogP contribution in [0.25, 0.3) is 65.4 Å². The number of benzene rings is 9. The molecular weight excluding hydrogens is 889 g/mol. The Morgan fingerprint density at radius 3 is 0.863 bits per heavy atom. The first-order valence-electron chi connectivity index (χ1n) is 26.2. The molecule has 0 fully saturated rings. The minimum atomic E-state index is 0.0621. The Labute approximate surface area is 432 Å². The molecule has 11 aromatic rings. The highest BCUT2D eigenvalue weighted by Crippen LogP contribution is 2.46. The number of rotatable bonds is 7. The van der Waals surface area contributed by atoms with Crippen molar-refractivity contribution in [2.45, 2.75) is 125 Å². The molecule has 0 aliphatic heterocycles. The summed E-state index contributed by atoms with van der Waals surface area (Å²) in [6, 6.07) is 61.3. The third kappa shape index (κ3) is 8.73. The Morgan fingerprint density at radius 2 is 0.589 bits per heavy atom. The predicted octanol–water partition coefficient (Wildman–Crippen LogP) is 21.0. The highest BCUT2D eigenvalue weighted by Gasteiger charge is 2.25. The summed E-state index contributed by atoms with van der Waals surface area (Å²) in [4.78, 5) is 4.74. The minimum absolute atomic E-state index is 0.0621. The number of fused-ring (bicyclic) bond motifs is 8. The first-order chi connectivity index (χ1) is 34.5. The van der Waals surface area contributed by atoms with Gasteiger partial charge in [0.05, 0.1) is 0 Å². The molecule has 0 radical (unpaired) electrons. The molecule has 0 unspecified atom stereocenters. The molecule has 73 heavy (non-hydrogen) atoms. The van der Waals surface area contributed by atoms with Crippen molar-refractivity contribution >= 4 is 99.5 Å². The van der Waals surface area contributed by atoms with Crippen LogP contribution in [-0.4, -0.2) is 0 Å². The van der Waals surface area contributed by atoms with Crippen molar-refractivity contribution in [3.8, 4) is 0 Å². The van der Waals surface area contributed by atoms with Crippen LogP contribution in [0.5, 0.6) is 0 Å². The molecule has 0 N–H and O–H groups in total. The Bertz CT molecular complexity index is 3510. The third-order valence-corrected chi connectivity index (χ3v) is 15.2. The zero-order chi connectivity index (χ0) is 51.5. The number of hydrogen-bond donors (Lipinski definition) is 0. The van der Waals surface area contributed by atoms with E-state index in [1.165, 1.54) is 33.0 Å². The summed E-state index contributed by atoms with van der Waals surface area (Å²) in [6.07, 6.45) is 0. The second-order valence-corrected chi connectivity index (χ2v) is 25.0. The zero-order valence-corrected chi connectivity index (χ0v) is 45.4. The van der Waals surface area contributed by atoms with Crippen molar-refractivity contribution in [3.05, 3.63) is 192 Å². The van der Waals surface area contributed by atoms with Gasteiger partial charge in [0.25, 0.3) is 0 Å². The molecule has 0 amide bonds. The fourth-order valence-electron chi connectivity index (χ4n) is 10.8. The van der Waals surface area contributed by atoms with Crippen molar-refractivity contribution in [1.29, 1.82) is 0 Å². The summed E-state index contributed by atoms with van der Waals surface area (Å²) in [5, 5.41) is 9.02. The molecule has 0 saturated heterocycles. The lowest BCUT2D eigenvalue weighted by molar-refractivity contribution is 0.590. The largest absolute Gasteiger partial charge is 0.456 e. The van der Waals surface area contributed by atoms with Crippen LogP contribution >= 0.6 is 0 Å². The van der Waals surface area contributed by atoms with Crippen LogP contribution in [0.3, 0.4) is 0 Å². The molecule has 368 valence electrons. The van der Waals surface area contributed by atoms with E-state index in [1.807, 2.05) is 0 Å². The smallest absolute Gasteiger partial charge is 0.142 e. The van der Waals surface area contributed by atoms with Gasteiger partial charge in [-0.3, -0.25) is 0 Å². The molecule has 4 nitrogen and oxygen atoms in total. The zero-order valence-electron chi connectivity index (χ0n) is 45.4. The monoisotopic (exact) mass is 959 g/mol. The van der Waals surface area contributed by atoms with Crippen LogP contribution in [0.1, 0.15) is 131 Å². The van der Waals surface area contributed by atoms with Crippen molar-refractivity contribution in [3.63, 3.8) is 0 Å². The number of anilines is 6. The van der Waals surface area contributed by atoms with E-state index in [9.17, 15) is 0 Å². The van der Waals surface area contributed by atoms with E-state index in [0.29, 0.717) is 0 Å². The van der Waals surface area contributed by atoms with Crippen LogP contribution in [0.15, 0.2) is 173 Å². The molecule has 0 atom stereocenters. The normalized spacial score (nSPS) is 12.9. The van der Waals surface area contributed by atoms with Gasteiger partial charge in [0.2, 0.25) is 0 Å². The van der Waals surface area contributed by atoms with Crippen molar-refractivity contribution < 1.29 is 8.83 Å². The maximum absolute atomic E-state index is 6.99. The van der Waals surface area contributed by atoms with Gasteiger partial charge in [0.15, 0.2) is 0 Å². The maximum atomic E-state index is 6.99. The highest BCUT2D eigenvalue weighted by atomic mass is 16.3. The number of furan rings is 2. The predicted molar refractivity (Wildman–Crippen MR) is 314 cm³/mol. The molecule has 2 aromatic heterocycles. The summed E-state index contributed by atoms with van der Waals surface area (Å²) in [6.45, 7) is 31.7. The third-order valence-electron chi connectivity index (χ3n) is 15.2. The Morgan fingerprint density at radius 1 is 0.301 bits per heavy atom.